The molecule has 9 heteroatoms. The Morgan fingerprint density at radius 3 is 2.58 bits per heavy atom. The van der Waals surface area contributed by atoms with Crippen molar-refractivity contribution in [2.45, 2.75) is 20.8 Å². The number of aromatic amines is 1. The Balaban J connectivity index is 2.34. The molecule has 0 spiro atoms. The van der Waals surface area contributed by atoms with Crippen LogP contribution in [0.2, 0.25) is 0 Å². The van der Waals surface area contributed by atoms with Gasteiger partial charge in [0.25, 0.3) is 11.6 Å². The number of ether oxygens (including phenoxy) is 2. The lowest BCUT2D eigenvalue weighted by atomic mass is 10.1. The Morgan fingerprint density at radius 1 is 1.31 bits per heavy atom. The monoisotopic (exact) mass is 361 g/mol. The summed E-state index contributed by atoms with van der Waals surface area (Å²) >= 11 is 0. The van der Waals surface area contributed by atoms with E-state index in [0.717, 1.165) is 0 Å². The Bertz CT molecular complexity index is 872. The van der Waals surface area contributed by atoms with E-state index in [2.05, 4.69) is 10.3 Å². The van der Waals surface area contributed by atoms with Crippen molar-refractivity contribution < 1.29 is 24.0 Å². The quantitative estimate of drug-likeness (QED) is 0.463. The molecule has 0 radical (unpaired) electrons. The summed E-state index contributed by atoms with van der Waals surface area (Å²) in [6.07, 6.45) is 0. The third-order valence-corrected chi connectivity index (χ3v) is 3.79. The van der Waals surface area contributed by atoms with Crippen LogP contribution in [0, 0.1) is 24.0 Å². The molecule has 2 aromatic rings. The number of nitrogens with zero attached hydrogens (tertiary/aromatic N) is 1. The summed E-state index contributed by atoms with van der Waals surface area (Å²) in [6, 6.07) is 3.87. The molecular formula is C17H19N3O6. The lowest BCUT2D eigenvalue weighted by molar-refractivity contribution is -0.384. The van der Waals surface area contributed by atoms with Crippen molar-refractivity contribution >= 4 is 23.3 Å². The average molecular weight is 361 g/mol. The van der Waals surface area contributed by atoms with E-state index in [0.29, 0.717) is 16.8 Å². The van der Waals surface area contributed by atoms with Crippen LogP contribution in [-0.4, -0.2) is 35.5 Å². The number of hydrogen-bond acceptors (Lipinski definition) is 6. The third-order valence-electron chi connectivity index (χ3n) is 3.79. The predicted molar refractivity (Wildman–Crippen MR) is 93.8 cm³/mol. The summed E-state index contributed by atoms with van der Waals surface area (Å²) in [6.45, 7) is 5.21. The van der Waals surface area contributed by atoms with Crippen LogP contribution in [0.5, 0.6) is 5.75 Å². The number of aromatic nitrogens is 1. The zero-order valence-corrected chi connectivity index (χ0v) is 14.8. The molecule has 0 aliphatic rings. The van der Waals surface area contributed by atoms with Crippen LogP contribution in [0.1, 0.15) is 39.0 Å². The number of nitrogens with one attached hydrogen (secondary N) is 2. The number of nitro groups is 1. The number of anilines is 1. The van der Waals surface area contributed by atoms with Gasteiger partial charge in [0, 0.05) is 11.8 Å². The summed E-state index contributed by atoms with van der Waals surface area (Å²) in [4.78, 5) is 37.8. The van der Waals surface area contributed by atoms with Crippen molar-refractivity contribution in [3.8, 4) is 5.75 Å². The Hall–Kier alpha value is -3.36. The number of non-ortho nitro benzene ring substituents is 1. The van der Waals surface area contributed by atoms with Gasteiger partial charge < -0.3 is 19.8 Å². The van der Waals surface area contributed by atoms with Gasteiger partial charge in [-0.1, -0.05) is 0 Å². The number of nitro benzene ring substituents is 1. The number of amides is 1. The first kappa shape index (κ1) is 19.0. The zero-order valence-electron chi connectivity index (χ0n) is 14.8. The molecule has 0 fully saturated rings. The van der Waals surface area contributed by atoms with Gasteiger partial charge in [-0.2, -0.15) is 0 Å². The topological polar surface area (TPSA) is 124 Å². The van der Waals surface area contributed by atoms with Crippen molar-refractivity contribution in [2.75, 3.05) is 19.0 Å². The van der Waals surface area contributed by atoms with Crippen molar-refractivity contribution in [3.63, 3.8) is 0 Å². The van der Waals surface area contributed by atoms with Crippen LogP contribution < -0.4 is 10.1 Å². The summed E-state index contributed by atoms with van der Waals surface area (Å²) in [7, 11) is 1.35. The van der Waals surface area contributed by atoms with Crippen molar-refractivity contribution in [1.29, 1.82) is 0 Å². The van der Waals surface area contributed by atoms with Gasteiger partial charge in [-0.25, -0.2) is 4.79 Å². The van der Waals surface area contributed by atoms with Gasteiger partial charge in [0.05, 0.1) is 36.0 Å². The highest BCUT2D eigenvalue weighted by atomic mass is 16.6. The van der Waals surface area contributed by atoms with E-state index in [1.54, 1.807) is 20.8 Å². The molecule has 0 saturated carbocycles. The minimum Gasteiger partial charge on any atom is -0.494 e. The number of H-pyrrole nitrogens is 1. The van der Waals surface area contributed by atoms with E-state index in [9.17, 15) is 19.7 Å². The minimum absolute atomic E-state index is 0.154. The lowest BCUT2D eigenvalue weighted by Gasteiger charge is -2.10. The summed E-state index contributed by atoms with van der Waals surface area (Å²) in [5, 5.41) is 13.5. The Labute approximate surface area is 149 Å². The number of rotatable bonds is 6. The molecule has 1 heterocycles. The summed E-state index contributed by atoms with van der Waals surface area (Å²) < 4.78 is 10.1. The lowest BCUT2D eigenvalue weighted by Crippen LogP contribution is -2.15. The molecule has 1 aromatic carbocycles. The molecule has 26 heavy (non-hydrogen) atoms. The van der Waals surface area contributed by atoms with Crippen LogP contribution >= 0.6 is 0 Å². The molecule has 138 valence electrons. The highest BCUT2D eigenvalue weighted by Gasteiger charge is 2.23. The number of methoxy groups -OCH3 is 1. The number of aryl methyl sites for hydroxylation is 1. The zero-order chi connectivity index (χ0) is 19.4. The highest BCUT2D eigenvalue weighted by molar-refractivity contribution is 6.08. The van der Waals surface area contributed by atoms with Crippen molar-refractivity contribution in [3.05, 3.63) is 50.8 Å². The first-order chi connectivity index (χ1) is 12.3. The summed E-state index contributed by atoms with van der Waals surface area (Å²) in [5.74, 6) is -0.858. The second-order valence-corrected chi connectivity index (χ2v) is 5.44. The fourth-order valence-electron chi connectivity index (χ4n) is 2.58. The minimum atomic E-state index is -0.555. The molecule has 0 bridgehead atoms. The van der Waals surface area contributed by atoms with E-state index in [4.69, 9.17) is 9.47 Å². The van der Waals surface area contributed by atoms with Gasteiger partial charge in [0.2, 0.25) is 0 Å². The highest BCUT2D eigenvalue weighted by Crippen LogP contribution is 2.30. The fourth-order valence-corrected chi connectivity index (χ4v) is 2.58. The van der Waals surface area contributed by atoms with Crippen LogP contribution in [-0.2, 0) is 4.74 Å². The molecular weight excluding hydrogens is 342 g/mol. The van der Waals surface area contributed by atoms with Crippen molar-refractivity contribution in [2.24, 2.45) is 0 Å². The molecule has 0 unspecified atom stereocenters. The first-order valence-corrected chi connectivity index (χ1v) is 7.80. The summed E-state index contributed by atoms with van der Waals surface area (Å²) in [5.41, 5.74) is 1.60. The maximum Gasteiger partial charge on any atom is 0.355 e. The molecule has 0 saturated heterocycles. The molecule has 0 aliphatic heterocycles. The second kappa shape index (κ2) is 7.68. The van der Waals surface area contributed by atoms with Gasteiger partial charge in [0.15, 0.2) is 0 Å². The van der Waals surface area contributed by atoms with Gasteiger partial charge in [-0.3, -0.25) is 14.9 Å². The number of benzene rings is 1. The van der Waals surface area contributed by atoms with Gasteiger partial charge in [-0.15, -0.1) is 0 Å². The largest absolute Gasteiger partial charge is 0.494 e. The first-order valence-electron chi connectivity index (χ1n) is 7.80. The number of carbonyl (C=O) groups excluding carboxylic acids is 2. The van der Waals surface area contributed by atoms with Crippen LogP contribution in [0.25, 0.3) is 0 Å². The number of esters is 1. The molecule has 2 N–H and O–H groups in total. The van der Waals surface area contributed by atoms with E-state index in [-0.39, 0.29) is 29.4 Å². The molecule has 2 rings (SSSR count). The normalized spacial score (nSPS) is 10.3. The van der Waals surface area contributed by atoms with E-state index >= 15 is 0 Å². The Kier molecular flexibility index (Phi) is 5.61. The fraction of sp³-hybridized carbons (Fsp3) is 0.294. The Morgan fingerprint density at radius 2 is 2.00 bits per heavy atom. The SMILES string of the molecule is CCOC(=O)c1[nH]c(C)c(C(=O)Nc2ccc([N+](=O)[O-])cc2OC)c1C. The van der Waals surface area contributed by atoms with Crippen LogP contribution in [0.4, 0.5) is 11.4 Å². The number of carbonyl (C=O) groups is 2. The van der Waals surface area contributed by atoms with Crippen LogP contribution in [0.3, 0.4) is 0 Å². The standard InChI is InChI=1S/C17H19N3O6/c1-5-26-17(22)15-9(2)14(10(3)18-15)16(21)19-12-7-6-11(20(23)24)8-13(12)25-4/h6-8,18H,5H2,1-4H3,(H,19,21). The van der Waals surface area contributed by atoms with E-state index in [1.807, 2.05) is 0 Å². The van der Waals surface area contributed by atoms with E-state index < -0.39 is 16.8 Å². The third kappa shape index (κ3) is 3.66. The molecule has 9 nitrogen and oxygen atoms in total. The molecule has 1 aromatic heterocycles. The van der Waals surface area contributed by atoms with E-state index in [1.165, 1.54) is 25.3 Å². The van der Waals surface area contributed by atoms with Crippen LogP contribution in [0.15, 0.2) is 18.2 Å². The molecule has 0 atom stereocenters. The van der Waals surface area contributed by atoms with Gasteiger partial charge >= 0.3 is 5.97 Å². The van der Waals surface area contributed by atoms with Crippen molar-refractivity contribution in [1.82, 2.24) is 4.98 Å². The average Bonchev–Trinajstić information content (AvgIpc) is 2.89. The van der Waals surface area contributed by atoms with Gasteiger partial charge in [-0.05, 0) is 32.4 Å². The smallest absolute Gasteiger partial charge is 0.355 e. The maximum atomic E-state index is 12.7. The second-order valence-electron chi connectivity index (χ2n) is 5.44. The number of hydrogen-bond donors (Lipinski definition) is 2. The molecule has 0 aliphatic carbocycles. The predicted octanol–water partition coefficient (Wildman–Crippen LogP) is 2.98. The molecule has 1 amide bonds. The van der Waals surface area contributed by atoms with Gasteiger partial charge in [0.1, 0.15) is 11.4 Å². The maximum absolute atomic E-state index is 12.7.